The quantitative estimate of drug-likeness (QED) is 0.749. The first kappa shape index (κ1) is 14.5. The SMILES string of the molecule is CCCNC1CCCCC(Cc2sccc2Br)C1. The minimum absolute atomic E-state index is 0.760. The number of halogens is 1. The molecule has 1 heterocycles. The van der Waals surface area contributed by atoms with E-state index in [2.05, 4.69) is 39.6 Å². The first-order valence-corrected chi connectivity index (χ1v) is 8.92. The Hall–Kier alpha value is 0.140. The van der Waals surface area contributed by atoms with Gasteiger partial charge in [-0.3, -0.25) is 0 Å². The maximum absolute atomic E-state index is 3.73. The van der Waals surface area contributed by atoms with Gasteiger partial charge < -0.3 is 5.32 Å². The summed E-state index contributed by atoms with van der Waals surface area (Å²) in [6.07, 6.45) is 9.49. The van der Waals surface area contributed by atoms with Crippen molar-refractivity contribution in [2.24, 2.45) is 5.92 Å². The molecule has 1 aromatic heterocycles. The molecule has 102 valence electrons. The average molecular weight is 330 g/mol. The lowest BCUT2D eigenvalue weighted by Crippen LogP contribution is -2.31. The number of nitrogens with one attached hydrogen (secondary N) is 1. The van der Waals surface area contributed by atoms with Crippen LogP contribution in [-0.2, 0) is 6.42 Å². The smallest absolute Gasteiger partial charge is 0.0314 e. The van der Waals surface area contributed by atoms with E-state index in [-0.39, 0.29) is 0 Å². The van der Waals surface area contributed by atoms with E-state index in [1.165, 1.54) is 60.8 Å². The molecule has 2 rings (SSSR count). The molecule has 2 unspecified atom stereocenters. The van der Waals surface area contributed by atoms with Gasteiger partial charge in [0.2, 0.25) is 0 Å². The Balaban J connectivity index is 1.88. The minimum atomic E-state index is 0.760. The van der Waals surface area contributed by atoms with Crippen LogP contribution in [0.25, 0.3) is 0 Å². The van der Waals surface area contributed by atoms with Crippen molar-refractivity contribution < 1.29 is 0 Å². The molecule has 3 heteroatoms. The van der Waals surface area contributed by atoms with Crippen molar-refractivity contribution in [3.8, 4) is 0 Å². The Bertz CT molecular complexity index is 350. The summed E-state index contributed by atoms with van der Waals surface area (Å²) in [6, 6.07) is 2.94. The van der Waals surface area contributed by atoms with E-state index in [0.29, 0.717) is 0 Å². The molecular formula is C15H24BrNS. The molecule has 1 fully saturated rings. The molecule has 1 aromatic rings. The second-order valence-electron chi connectivity index (χ2n) is 5.43. The highest BCUT2D eigenvalue weighted by atomic mass is 79.9. The first-order chi connectivity index (χ1) is 8.79. The molecule has 1 nitrogen and oxygen atoms in total. The molecule has 0 bridgehead atoms. The fourth-order valence-corrected chi connectivity index (χ4v) is 4.54. The van der Waals surface area contributed by atoms with Crippen molar-refractivity contribution in [2.45, 2.75) is 57.9 Å². The molecule has 0 radical (unpaired) electrons. The zero-order chi connectivity index (χ0) is 12.8. The minimum Gasteiger partial charge on any atom is -0.314 e. The number of hydrogen-bond acceptors (Lipinski definition) is 2. The number of rotatable bonds is 5. The van der Waals surface area contributed by atoms with Crippen molar-refractivity contribution in [1.82, 2.24) is 5.32 Å². The summed E-state index contributed by atoms with van der Waals surface area (Å²) in [7, 11) is 0. The second kappa shape index (κ2) is 7.66. The Morgan fingerprint density at radius 2 is 2.22 bits per heavy atom. The lowest BCUT2D eigenvalue weighted by molar-refractivity contribution is 0.385. The molecule has 1 aliphatic rings. The third-order valence-corrected chi connectivity index (χ3v) is 5.83. The van der Waals surface area contributed by atoms with Crippen molar-refractivity contribution in [2.75, 3.05) is 6.54 Å². The Morgan fingerprint density at radius 1 is 1.39 bits per heavy atom. The van der Waals surface area contributed by atoms with Gasteiger partial charge in [0.15, 0.2) is 0 Å². The molecule has 0 spiro atoms. The van der Waals surface area contributed by atoms with Crippen LogP contribution in [0.5, 0.6) is 0 Å². The van der Waals surface area contributed by atoms with Crippen LogP contribution in [0, 0.1) is 5.92 Å². The van der Waals surface area contributed by atoms with Crippen LogP contribution in [0.15, 0.2) is 15.9 Å². The summed E-state index contributed by atoms with van der Waals surface area (Å²) in [6.45, 7) is 3.43. The average Bonchev–Trinajstić information content (AvgIpc) is 2.64. The fraction of sp³-hybridized carbons (Fsp3) is 0.733. The van der Waals surface area contributed by atoms with Crippen molar-refractivity contribution in [3.63, 3.8) is 0 Å². The maximum atomic E-state index is 3.73. The van der Waals surface area contributed by atoms with Gasteiger partial charge in [0.1, 0.15) is 0 Å². The molecule has 1 aliphatic carbocycles. The maximum Gasteiger partial charge on any atom is 0.0314 e. The van der Waals surface area contributed by atoms with Crippen LogP contribution in [-0.4, -0.2) is 12.6 Å². The van der Waals surface area contributed by atoms with Crippen LogP contribution >= 0.6 is 27.3 Å². The lowest BCUT2D eigenvalue weighted by atomic mass is 9.94. The van der Waals surface area contributed by atoms with Gasteiger partial charge in [0.05, 0.1) is 0 Å². The summed E-state index contributed by atoms with van der Waals surface area (Å²) in [5.41, 5.74) is 0. The largest absolute Gasteiger partial charge is 0.314 e. The second-order valence-corrected chi connectivity index (χ2v) is 7.29. The lowest BCUT2D eigenvalue weighted by Gasteiger charge is -2.21. The Kier molecular flexibility index (Phi) is 6.19. The van der Waals surface area contributed by atoms with E-state index in [0.717, 1.165) is 12.0 Å². The molecule has 0 aliphatic heterocycles. The van der Waals surface area contributed by atoms with Crippen molar-refractivity contribution in [1.29, 1.82) is 0 Å². The Morgan fingerprint density at radius 3 is 2.94 bits per heavy atom. The van der Waals surface area contributed by atoms with Gasteiger partial charge in [0, 0.05) is 15.4 Å². The highest BCUT2D eigenvalue weighted by Gasteiger charge is 2.20. The van der Waals surface area contributed by atoms with E-state index in [1.54, 1.807) is 0 Å². The zero-order valence-electron chi connectivity index (χ0n) is 11.3. The summed E-state index contributed by atoms with van der Waals surface area (Å²) in [4.78, 5) is 1.54. The molecule has 0 saturated heterocycles. The van der Waals surface area contributed by atoms with Gasteiger partial charge >= 0.3 is 0 Å². The molecular weight excluding hydrogens is 306 g/mol. The van der Waals surface area contributed by atoms with E-state index < -0.39 is 0 Å². The highest BCUT2D eigenvalue weighted by Crippen LogP contribution is 2.31. The predicted molar refractivity (Wildman–Crippen MR) is 84.4 cm³/mol. The van der Waals surface area contributed by atoms with Gasteiger partial charge in [-0.25, -0.2) is 0 Å². The third-order valence-electron chi connectivity index (χ3n) is 3.88. The molecule has 1 N–H and O–H groups in total. The predicted octanol–water partition coefficient (Wildman–Crippen LogP) is 5.00. The first-order valence-electron chi connectivity index (χ1n) is 7.24. The van der Waals surface area contributed by atoms with Crippen LogP contribution in [0.2, 0.25) is 0 Å². The van der Waals surface area contributed by atoms with Crippen molar-refractivity contribution >= 4 is 27.3 Å². The van der Waals surface area contributed by atoms with Crippen LogP contribution in [0.1, 0.15) is 50.3 Å². The van der Waals surface area contributed by atoms with E-state index in [4.69, 9.17) is 0 Å². The van der Waals surface area contributed by atoms with E-state index >= 15 is 0 Å². The third kappa shape index (κ3) is 4.36. The summed E-state index contributed by atoms with van der Waals surface area (Å²) in [5.74, 6) is 0.872. The molecule has 0 amide bonds. The van der Waals surface area contributed by atoms with Gasteiger partial charge in [0.25, 0.3) is 0 Å². The van der Waals surface area contributed by atoms with Crippen LogP contribution < -0.4 is 5.32 Å². The fourth-order valence-electron chi connectivity index (χ4n) is 2.91. The highest BCUT2D eigenvalue weighted by molar-refractivity contribution is 9.10. The van der Waals surface area contributed by atoms with E-state index in [1.807, 2.05) is 11.3 Å². The normalized spacial score (nSPS) is 25.0. The summed E-state index contributed by atoms with van der Waals surface area (Å²) in [5, 5.41) is 5.92. The number of thiophene rings is 1. The van der Waals surface area contributed by atoms with Gasteiger partial charge in [-0.1, -0.05) is 26.2 Å². The summed E-state index contributed by atoms with van der Waals surface area (Å²) >= 11 is 5.57. The van der Waals surface area contributed by atoms with Gasteiger partial charge in [-0.15, -0.1) is 11.3 Å². The van der Waals surface area contributed by atoms with Gasteiger partial charge in [-0.2, -0.15) is 0 Å². The van der Waals surface area contributed by atoms with Crippen molar-refractivity contribution in [3.05, 3.63) is 20.8 Å². The monoisotopic (exact) mass is 329 g/mol. The van der Waals surface area contributed by atoms with E-state index in [9.17, 15) is 0 Å². The molecule has 18 heavy (non-hydrogen) atoms. The standard InChI is InChI=1S/C15H24BrNS/c1-2-8-17-13-6-4-3-5-12(10-13)11-15-14(16)7-9-18-15/h7,9,12-13,17H,2-6,8,10-11H2,1H3. The summed E-state index contributed by atoms with van der Waals surface area (Å²) < 4.78 is 1.31. The number of hydrogen-bond donors (Lipinski definition) is 1. The topological polar surface area (TPSA) is 12.0 Å². The molecule has 0 aromatic carbocycles. The molecule has 2 atom stereocenters. The Labute approximate surface area is 123 Å². The molecule has 1 saturated carbocycles. The van der Waals surface area contributed by atoms with Gasteiger partial charge in [-0.05, 0) is 65.5 Å². The van der Waals surface area contributed by atoms with Crippen LogP contribution in [0.3, 0.4) is 0 Å². The van der Waals surface area contributed by atoms with Crippen LogP contribution in [0.4, 0.5) is 0 Å². The zero-order valence-corrected chi connectivity index (χ0v) is 13.7.